The fourth-order valence-electron chi connectivity index (χ4n) is 1.05. The van der Waals surface area contributed by atoms with Gasteiger partial charge in [-0.05, 0) is 11.5 Å². The first-order valence-electron chi connectivity index (χ1n) is 5.80. The highest BCUT2D eigenvalue weighted by Gasteiger charge is 2.06. The summed E-state index contributed by atoms with van der Waals surface area (Å²) < 4.78 is 0. The van der Waals surface area contributed by atoms with E-state index in [2.05, 4.69) is 50.0 Å². The van der Waals surface area contributed by atoms with E-state index in [0.717, 1.165) is 11.0 Å². The first-order chi connectivity index (χ1) is 7.85. The molecule has 1 unspecified atom stereocenters. The quantitative estimate of drug-likeness (QED) is 0.422. The smallest absolute Gasteiger partial charge is 0.0226 e. The minimum atomic E-state index is 0.748. The number of rotatable bonds is 12. The van der Waals surface area contributed by atoms with Gasteiger partial charge in [-0.1, -0.05) is 13.8 Å². The zero-order chi connectivity index (χ0) is 12.1. The lowest BCUT2D eigenvalue weighted by Gasteiger charge is -2.13. The van der Waals surface area contributed by atoms with Crippen molar-refractivity contribution >= 4 is 59.7 Å². The molecule has 0 heterocycles. The third kappa shape index (κ3) is 12.2. The molecule has 0 aromatic heterocycles. The van der Waals surface area contributed by atoms with E-state index in [-0.39, 0.29) is 0 Å². The lowest BCUT2D eigenvalue weighted by Crippen LogP contribution is -2.10. The summed E-state index contributed by atoms with van der Waals surface area (Å²) in [5.74, 6) is 9.97. The SMILES string of the molecule is CCSCCSCC(CS)SCCSCC. The Labute approximate surface area is 124 Å². The van der Waals surface area contributed by atoms with Crippen LogP contribution in [0.25, 0.3) is 0 Å². The van der Waals surface area contributed by atoms with Gasteiger partial charge in [-0.2, -0.15) is 59.7 Å². The molecule has 98 valence electrons. The average Bonchev–Trinajstić information content (AvgIpc) is 2.31. The van der Waals surface area contributed by atoms with E-state index in [9.17, 15) is 0 Å². The molecule has 0 saturated heterocycles. The lowest BCUT2D eigenvalue weighted by molar-refractivity contribution is 1.15. The summed E-state index contributed by atoms with van der Waals surface area (Å²) >= 11 is 12.7. The molecule has 0 aliphatic heterocycles. The van der Waals surface area contributed by atoms with Crippen molar-refractivity contribution in [3.05, 3.63) is 0 Å². The van der Waals surface area contributed by atoms with Gasteiger partial charge in [0.05, 0.1) is 0 Å². The predicted octanol–water partition coefficient (Wildman–Crippen LogP) is 4.26. The van der Waals surface area contributed by atoms with Gasteiger partial charge in [-0.25, -0.2) is 0 Å². The molecule has 0 fully saturated rings. The highest BCUT2D eigenvalue weighted by molar-refractivity contribution is 8.06. The van der Waals surface area contributed by atoms with Crippen molar-refractivity contribution < 1.29 is 0 Å². The summed E-state index contributed by atoms with van der Waals surface area (Å²) in [5.41, 5.74) is 0. The Balaban J connectivity index is 3.29. The van der Waals surface area contributed by atoms with Crippen LogP contribution >= 0.6 is 59.7 Å². The average molecular weight is 317 g/mol. The van der Waals surface area contributed by atoms with Crippen LogP contribution in [0, 0.1) is 0 Å². The summed E-state index contributed by atoms with van der Waals surface area (Å²) in [5, 5.41) is 0.748. The van der Waals surface area contributed by atoms with Crippen LogP contribution in [0.5, 0.6) is 0 Å². The van der Waals surface area contributed by atoms with Crippen molar-refractivity contribution in [3.63, 3.8) is 0 Å². The third-order valence-electron chi connectivity index (χ3n) is 1.87. The normalized spacial score (nSPS) is 12.9. The Morgan fingerprint density at radius 2 is 1.44 bits per heavy atom. The number of thioether (sulfide) groups is 4. The molecule has 0 aliphatic rings. The van der Waals surface area contributed by atoms with Gasteiger partial charge in [0.1, 0.15) is 0 Å². The first-order valence-corrected chi connectivity index (χ1v) is 10.9. The minimum Gasteiger partial charge on any atom is -0.178 e. The van der Waals surface area contributed by atoms with Crippen molar-refractivity contribution in [1.82, 2.24) is 0 Å². The maximum absolute atomic E-state index is 4.44. The molecule has 0 spiro atoms. The van der Waals surface area contributed by atoms with Crippen LogP contribution in [-0.4, -0.2) is 51.3 Å². The van der Waals surface area contributed by atoms with Gasteiger partial charge in [0.25, 0.3) is 0 Å². The van der Waals surface area contributed by atoms with Crippen LogP contribution in [0.1, 0.15) is 13.8 Å². The largest absolute Gasteiger partial charge is 0.178 e. The van der Waals surface area contributed by atoms with Gasteiger partial charge in [0, 0.05) is 39.8 Å². The molecular weight excluding hydrogens is 292 g/mol. The third-order valence-corrected chi connectivity index (χ3v) is 7.46. The Bertz CT molecular complexity index is 132. The number of thiol groups is 1. The molecule has 0 aromatic carbocycles. The zero-order valence-corrected chi connectivity index (χ0v) is 14.5. The highest BCUT2D eigenvalue weighted by atomic mass is 32.2. The van der Waals surface area contributed by atoms with Crippen LogP contribution in [0.4, 0.5) is 0 Å². The van der Waals surface area contributed by atoms with Gasteiger partial charge in [0.2, 0.25) is 0 Å². The predicted molar refractivity (Wildman–Crippen MR) is 93.4 cm³/mol. The van der Waals surface area contributed by atoms with Gasteiger partial charge >= 0.3 is 0 Å². The van der Waals surface area contributed by atoms with Crippen molar-refractivity contribution in [2.24, 2.45) is 0 Å². The Morgan fingerprint density at radius 1 is 0.875 bits per heavy atom. The summed E-state index contributed by atoms with van der Waals surface area (Å²) in [6, 6.07) is 0. The van der Waals surface area contributed by atoms with E-state index >= 15 is 0 Å². The maximum atomic E-state index is 4.44. The molecule has 0 nitrogen and oxygen atoms in total. The Kier molecular flexibility index (Phi) is 16.4. The second-order valence-electron chi connectivity index (χ2n) is 3.14. The van der Waals surface area contributed by atoms with Crippen LogP contribution in [0.15, 0.2) is 0 Å². The van der Waals surface area contributed by atoms with E-state index in [1.165, 1.54) is 40.3 Å². The van der Waals surface area contributed by atoms with Crippen LogP contribution < -0.4 is 0 Å². The second-order valence-corrected chi connectivity index (χ2v) is 8.86. The van der Waals surface area contributed by atoms with Crippen LogP contribution in [0.3, 0.4) is 0 Å². The van der Waals surface area contributed by atoms with Gasteiger partial charge in [-0.15, -0.1) is 0 Å². The molecule has 5 heteroatoms. The molecule has 0 aliphatic carbocycles. The highest BCUT2D eigenvalue weighted by Crippen LogP contribution is 2.20. The first kappa shape index (κ1) is 17.8. The molecule has 0 saturated carbocycles. The molecule has 0 N–H and O–H groups in total. The van der Waals surface area contributed by atoms with E-state index in [0.29, 0.717) is 0 Å². The van der Waals surface area contributed by atoms with Gasteiger partial charge < -0.3 is 0 Å². The molecule has 0 bridgehead atoms. The van der Waals surface area contributed by atoms with Crippen LogP contribution in [-0.2, 0) is 0 Å². The van der Waals surface area contributed by atoms with Crippen molar-refractivity contribution in [2.75, 3.05) is 46.0 Å². The molecule has 0 aromatic rings. The van der Waals surface area contributed by atoms with E-state index in [1.807, 2.05) is 23.5 Å². The second kappa shape index (κ2) is 14.8. The Morgan fingerprint density at radius 3 is 2.00 bits per heavy atom. The lowest BCUT2D eigenvalue weighted by atomic mass is 10.5. The molecule has 0 amide bonds. The fraction of sp³-hybridized carbons (Fsp3) is 1.00. The topological polar surface area (TPSA) is 0 Å². The summed E-state index contributed by atoms with van der Waals surface area (Å²) in [6.45, 7) is 4.46. The van der Waals surface area contributed by atoms with Gasteiger partial charge in [0.15, 0.2) is 0 Å². The standard InChI is InChI=1S/C11H24S5/c1-3-13-5-6-15-10-11(9-12)16-8-7-14-4-2/h11-12H,3-10H2,1-2H3. The van der Waals surface area contributed by atoms with Crippen LogP contribution in [0.2, 0.25) is 0 Å². The van der Waals surface area contributed by atoms with E-state index in [1.54, 1.807) is 0 Å². The number of hydrogen-bond donors (Lipinski definition) is 1. The fourth-order valence-corrected chi connectivity index (χ4v) is 5.70. The molecule has 0 rings (SSSR count). The monoisotopic (exact) mass is 316 g/mol. The molecular formula is C11H24S5. The summed E-state index contributed by atoms with van der Waals surface area (Å²) in [7, 11) is 0. The minimum absolute atomic E-state index is 0.748. The molecule has 0 radical (unpaired) electrons. The summed E-state index contributed by atoms with van der Waals surface area (Å²) in [6.07, 6.45) is 0. The zero-order valence-electron chi connectivity index (χ0n) is 10.3. The van der Waals surface area contributed by atoms with Crippen molar-refractivity contribution in [1.29, 1.82) is 0 Å². The van der Waals surface area contributed by atoms with E-state index in [4.69, 9.17) is 0 Å². The Hall–Kier alpha value is 1.75. The summed E-state index contributed by atoms with van der Waals surface area (Å²) in [4.78, 5) is 0. The van der Waals surface area contributed by atoms with Crippen molar-refractivity contribution in [3.8, 4) is 0 Å². The molecule has 1 atom stereocenters. The maximum Gasteiger partial charge on any atom is 0.0226 e. The van der Waals surface area contributed by atoms with E-state index < -0.39 is 0 Å². The van der Waals surface area contributed by atoms with Gasteiger partial charge in [-0.3, -0.25) is 0 Å². The number of hydrogen-bond acceptors (Lipinski definition) is 5. The van der Waals surface area contributed by atoms with Crippen molar-refractivity contribution in [2.45, 2.75) is 19.1 Å². The molecule has 16 heavy (non-hydrogen) atoms.